The van der Waals surface area contributed by atoms with E-state index in [1.807, 2.05) is 12.2 Å². The third-order valence-electron chi connectivity index (χ3n) is 12.4. The molecule has 0 aliphatic rings. The Kier molecular flexibility index (Phi) is 50.1. The van der Waals surface area contributed by atoms with E-state index in [0.717, 1.165) is 51.4 Å². The quantitative estimate of drug-likeness (QED) is 0.0321. The number of carbonyl (C=O) groups is 2. The molecule has 1 amide bonds. The smallest absolute Gasteiger partial charge is 0.305 e. The van der Waals surface area contributed by atoms with Gasteiger partial charge >= 0.3 is 5.97 Å². The monoisotopic (exact) mass is 872 g/mol. The summed E-state index contributed by atoms with van der Waals surface area (Å²) in [6, 6.07) is -0.672. The lowest BCUT2D eigenvalue weighted by Gasteiger charge is -2.19. The summed E-state index contributed by atoms with van der Waals surface area (Å²) in [6.07, 6.45) is 63.1. The minimum atomic E-state index is -0.879. The van der Waals surface area contributed by atoms with Gasteiger partial charge in [-0.05, 0) is 51.4 Å². The second-order valence-corrected chi connectivity index (χ2v) is 18.6. The third-order valence-corrected chi connectivity index (χ3v) is 12.4. The number of hydrogen-bond acceptors (Lipinski definition) is 5. The fourth-order valence-corrected chi connectivity index (χ4v) is 8.21. The molecule has 0 rings (SSSR count). The number of hydrogen-bond donors (Lipinski definition) is 3. The zero-order valence-electron chi connectivity index (χ0n) is 41.4. The Balaban J connectivity index is 3.59. The Morgan fingerprint density at radius 2 is 0.823 bits per heavy atom. The Morgan fingerprint density at radius 3 is 1.26 bits per heavy atom. The number of aliphatic hydroxyl groups is 2. The predicted molar refractivity (Wildman–Crippen MR) is 269 cm³/mol. The van der Waals surface area contributed by atoms with E-state index in [1.54, 1.807) is 6.08 Å². The molecule has 2 unspecified atom stereocenters. The normalized spacial score (nSPS) is 12.9. The number of nitrogens with one attached hydrogen (secondary N) is 1. The number of esters is 1. The summed E-state index contributed by atoms with van der Waals surface area (Å²) in [6.45, 7) is 4.85. The number of allylic oxidation sites excluding steroid dienone is 5. The van der Waals surface area contributed by atoms with Gasteiger partial charge in [0, 0.05) is 12.8 Å². The summed E-state index contributed by atoms with van der Waals surface area (Å²) in [4.78, 5) is 24.4. The molecular formula is C56H105NO5. The van der Waals surface area contributed by atoms with Crippen LogP contribution in [0.1, 0.15) is 284 Å². The number of carbonyl (C=O) groups excluding carboxylic acids is 2. The first kappa shape index (κ1) is 60.1. The van der Waals surface area contributed by atoms with Crippen LogP contribution in [-0.4, -0.2) is 47.4 Å². The zero-order valence-corrected chi connectivity index (χ0v) is 41.4. The standard InChI is InChI=1S/C56H105NO5/c1-3-5-7-9-11-13-15-17-18-19-20-21-22-25-28-32-36-40-44-48-54(59)53(52-58)57-55(60)49-45-41-37-33-29-26-23-27-31-35-39-43-47-51-62-56(61)50-46-42-38-34-30-24-16-14-12-10-8-6-4-2/h26,29,37,41,44,48,53-54,58-59H,3-25,27-28,30-36,38-40,42-43,45-47,49-52H2,1-2H3,(H,57,60)/b29-26-,41-37-,48-44+. The maximum atomic E-state index is 12.4. The lowest BCUT2D eigenvalue weighted by molar-refractivity contribution is -0.143. The minimum absolute atomic E-state index is 0.0171. The van der Waals surface area contributed by atoms with Gasteiger partial charge in [-0.15, -0.1) is 0 Å². The molecule has 364 valence electrons. The van der Waals surface area contributed by atoms with Crippen molar-refractivity contribution in [3.63, 3.8) is 0 Å². The van der Waals surface area contributed by atoms with E-state index in [9.17, 15) is 19.8 Å². The number of aliphatic hydroxyl groups excluding tert-OH is 2. The molecule has 0 saturated heterocycles. The molecule has 2 atom stereocenters. The molecule has 0 radical (unpaired) electrons. The van der Waals surface area contributed by atoms with Crippen molar-refractivity contribution in [2.24, 2.45) is 0 Å². The second-order valence-electron chi connectivity index (χ2n) is 18.6. The number of amides is 1. The average molecular weight is 872 g/mol. The van der Waals surface area contributed by atoms with E-state index < -0.39 is 12.1 Å². The summed E-state index contributed by atoms with van der Waals surface area (Å²) in [5, 5.41) is 23.0. The van der Waals surface area contributed by atoms with E-state index in [2.05, 4.69) is 37.4 Å². The van der Waals surface area contributed by atoms with E-state index in [1.165, 1.54) is 199 Å². The summed E-state index contributed by atoms with van der Waals surface area (Å²) in [5.74, 6) is -0.164. The maximum Gasteiger partial charge on any atom is 0.305 e. The Bertz CT molecular complexity index is 1010. The molecule has 0 aromatic rings. The van der Waals surface area contributed by atoms with Gasteiger partial charge in [0.05, 0.1) is 25.4 Å². The van der Waals surface area contributed by atoms with Crippen LogP contribution < -0.4 is 5.32 Å². The number of unbranched alkanes of at least 4 members (excludes halogenated alkanes) is 35. The molecule has 3 N–H and O–H groups in total. The van der Waals surface area contributed by atoms with Crippen LogP contribution >= 0.6 is 0 Å². The Morgan fingerprint density at radius 1 is 0.452 bits per heavy atom. The van der Waals surface area contributed by atoms with Crippen LogP contribution in [0.3, 0.4) is 0 Å². The van der Waals surface area contributed by atoms with Gasteiger partial charge in [0.25, 0.3) is 0 Å². The fourth-order valence-electron chi connectivity index (χ4n) is 8.21. The molecular weight excluding hydrogens is 767 g/mol. The highest BCUT2D eigenvalue weighted by Gasteiger charge is 2.17. The molecule has 0 bridgehead atoms. The van der Waals surface area contributed by atoms with Crippen molar-refractivity contribution in [3.8, 4) is 0 Å². The van der Waals surface area contributed by atoms with Crippen LogP contribution in [0.4, 0.5) is 0 Å². The lowest BCUT2D eigenvalue weighted by Crippen LogP contribution is -2.45. The van der Waals surface area contributed by atoms with Gasteiger partial charge in [-0.3, -0.25) is 9.59 Å². The van der Waals surface area contributed by atoms with Crippen LogP contribution in [0.25, 0.3) is 0 Å². The van der Waals surface area contributed by atoms with Crippen molar-refractivity contribution < 1.29 is 24.5 Å². The fraction of sp³-hybridized carbons (Fsp3) is 0.857. The van der Waals surface area contributed by atoms with Gasteiger partial charge in [0.2, 0.25) is 5.91 Å². The molecule has 6 heteroatoms. The first-order valence-electron chi connectivity index (χ1n) is 27.3. The van der Waals surface area contributed by atoms with Gasteiger partial charge < -0.3 is 20.3 Å². The van der Waals surface area contributed by atoms with Gasteiger partial charge in [0.1, 0.15) is 0 Å². The minimum Gasteiger partial charge on any atom is -0.466 e. The van der Waals surface area contributed by atoms with E-state index in [-0.39, 0.29) is 18.5 Å². The van der Waals surface area contributed by atoms with Crippen molar-refractivity contribution in [2.75, 3.05) is 13.2 Å². The Hall–Kier alpha value is -1.92. The zero-order chi connectivity index (χ0) is 45.1. The van der Waals surface area contributed by atoms with Crippen LogP contribution in [0.2, 0.25) is 0 Å². The van der Waals surface area contributed by atoms with Gasteiger partial charge in [-0.25, -0.2) is 0 Å². The highest BCUT2D eigenvalue weighted by Crippen LogP contribution is 2.16. The van der Waals surface area contributed by atoms with E-state index in [0.29, 0.717) is 25.9 Å². The summed E-state index contributed by atoms with van der Waals surface area (Å²) in [7, 11) is 0. The van der Waals surface area contributed by atoms with Gasteiger partial charge in [-0.1, -0.05) is 256 Å². The summed E-state index contributed by atoms with van der Waals surface area (Å²) >= 11 is 0. The SMILES string of the molecule is CCCCCCCCCCCCCCCCCCC/C=C/C(O)C(CO)NC(=O)CC/C=C\C/C=C\CCCCCCCCOC(=O)CCCCCCCCCCCCCCC. The third kappa shape index (κ3) is 47.6. The maximum absolute atomic E-state index is 12.4. The van der Waals surface area contributed by atoms with E-state index >= 15 is 0 Å². The molecule has 0 heterocycles. The van der Waals surface area contributed by atoms with Gasteiger partial charge in [-0.2, -0.15) is 0 Å². The first-order valence-corrected chi connectivity index (χ1v) is 27.3. The highest BCUT2D eigenvalue weighted by molar-refractivity contribution is 5.76. The number of rotatable bonds is 50. The van der Waals surface area contributed by atoms with Crippen molar-refractivity contribution in [3.05, 3.63) is 36.5 Å². The van der Waals surface area contributed by atoms with Crippen LogP contribution in [0.5, 0.6) is 0 Å². The molecule has 0 aromatic carbocycles. The molecule has 0 spiro atoms. The second kappa shape index (κ2) is 51.7. The molecule has 0 aromatic heterocycles. The summed E-state index contributed by atoms with van der Waals surface area (Å²) in [5.41, 5.74) is 0. The van der Waals surface area contributed by atoms with Crippen molar-refractivity contribution >= 4 is 11.9 Å². The van der Waals surface area contributed by atoms with Crippen LogP contribution in [0, 0.1) is 0 Å². The molecule has 0 saturated carbocycles. The van der Waals surface area contributed by atoms with Crippen molar-refractivity contribution in [1.29, 1.82) is 0 Å². The largest absolute Gasteiger partial charge is 0.466 e. The lowest BCUT2D eigenvalue weighted by atomic mass is 10.0. The molecule has 6 nitrogen and oxygen atoms in total. The molecule has 0 aliphatic carbocycles. The number of ether oxygens (including phenoxy) is 1. The van der Waals surface area contributed by atoms with Crippen LogP contribution in [-0.2, 0) is 14.3 Å². The van der Waals surface area contributed by atoms with Crippen molar-refractivity contribution in [2.45, 2.75) is 296 Å². The molecule has 0 aliphatic heterocycles. The van der Waals surface area contributed by atoms with Crippen LogP contribution in [0.15, 0.2) is 36.5 Å². The first-order chi connectivity index (χ1) is 30.5. The topological polar surface area (TPSA) is 95.9 Å². The molecule has 62 heavy (non-hydrogen) atoms. The van der Waals surface area contributed by atoms with Gasteiger partial charge in [0.15, 0.2) is 0 Å². The Labute approximate surface area is 385 Å². The highest BCUT2D eigenvalue weighted by atomic mass is 16.5. The summed E-state index contributed by atoms with van der Waals surface area (Å²) < 4.78 is 5.45. The molecule has 0 fully saturated rings. The van der Waals surface area contributed by atoms with E-state index in [4.69, 9.17) is 4.74 Å². The average Bonchev–Trinajstić information content (AvgIpc) is 3.27. The predicted octanol–water partition coefficient (Wildman–Crippen LogP) is 16.5. The van der Waals surface area contributed by atoms with Crippen molar-refractivity contribution in [1.82, 2.24) is 5.32 Å².